The van der Waals surface area contributed by atoms with Crippen LogP contribution in [-0.4, -0.2) is 26.0 Å². The number of likely N-dealkylation sites (N-methyl/N-ethyl adjacent to an activating group) is 2. The molecule has 0 heterocycles. The van der Waals surface area contributed by atoms with Crippen LogP contribution in [0, 0.1) is 0 Å². The van der Waals surface area contributed by atoms with Crippen LogP contribution < -0.4 is 15.5 Å². The first-order chi connectivity index (χ1) is 10.1. The molecule has 0 spiro atoms. The Kier molecular flexibility index (Phi) is 4.82. The smallest absolute Gasteiger partial charge is 0.246 e. The third-order valence-corrected chi connectivity index (χ3v) is 3.48. The standard InChI is InChI=1S/C17H21N3O/c1-3-20(16-7-5-4-6-8-16)13-17(21)19(2)15-11-9-14(18)10-12-15/h4-12H,3,13,18H2,1-2H3. The van der Waals surface area contributed by atoms with E-state index in [2.05, 4.69) is 4.90 Å². The summed E-state index contributed by atoms with van der Waals surface area (Å²) < 4.78 is 0. The zero-order valence-corrected chi connectivity index (χ0v) is 12.5. The van der Waals surface area contributed by atoms with Crippen molar-refractivity contribution in [1.82, 2.24) is 0 Å². The second-order valence-electron chi connectivity index (χ2n) is 4.89. The minimum absolute atomic E-state index is 0.0467. The maximum atomic E-state index is 12.4. The second-order valence-corrected chi connectivity index (χ2v) is 4.89. The Bertz CT molecular complexity index is 581. The van der Waals surface area contributed by atoms with Gasteiger partial charge in [0.15, 0.2) is 0 Å². The van der Waals surface area contributed by atoms with E-state index in [0.717, 1.165) is 17.9 Å². The third-order valence-electron chi connectivity index (χ3n) is 3.48. The zero-order chi connectivity index (χ0) is 15.2. The van der Waals surface area contributed by atoms with Crippen LogP contribution in [0.2, 0.25) is 0 Å². The summed E-state index contributed by atoms with van der Waals surface area (Å²) in [7, 11) is 1.78. The third kappa shape index (κ3) is 3.75. The van der Waals surface area contributed by atoms with Crippen molar-refractivity contribution in [3.8, 4) is 0 Å². The number of nitrogens with two attached hydrogens (primary N) is 1. The first-order valence-corrected chi connectivity index (χ1v) is 7.04. The summed E-state index contributed by atoms with van der Waals surface area (Å²) in [4.78, 5) is 16.1. The summed E-state index contributed by atoms with van der Waals surface area (Å²) in [6, 6.07) is 17.3. The van der Waals surface area contributed by atoms with Crippen LogP contribution in [-0.2, 0) is 4.79 Å². The monoisotopic (exact) mass is 283 g/mol. The summed E-state index contributed by atoms with van der Waals surface area (Å²) in [5, 5.41) is 0. The molecule has 2 rings (SSSR count). The van der Waals surface area contributed by atoms with Crippen LogP contribution in [0.3, 0.4) is 0 Å². The number of carbonyl (C=O) groups excluding carboxylic acids is 1. The van der Waals surface area contributed by atoms with E-state index in [0.29, 0.717) is 12.2 Å². The predicted octanol–water partition coefficient (Wildman–Crippen LogP) is 2.76. The van der Waals surface area contributed by atoms with E-state index in [9.17, 15) is 4.79 Å². The Morgan fingerprint density at radius 2 is 1.62 bits per heavy atom. The van der Waals surface area contributed by atoms with Gasteiger partial charge in [0.1, 0.15) is 0 Å². The Hall–Kier alpha value is -2.49. The van der Waals surface area contributed by atoms with Gasteiger partial charge in [0.25, 0.3) is 0 Å². The lowest BCUT2D eigenvalue weighted by Gasteiger charge is -2.26. The number of hydrogen-bond acceptors (Lipinski definition) is 3. The molecular formula is C17H21N3O. The van der Waals surface area contributed by atoms with Crippen LogP contribution in [0.5, 0.6) is 0 Å². The number of para-hydroxylation sites is 1. The largest absolute Gasteiger partial charge is 0.399 e. The molecule has 0 aliphatic rings. The fraction of sp³-hybridized carbons (Fsp3) is 0.235. The molecule has 0 radical (unpaired) electrons. The molecule has 21 heavy (non-hydrogen) atoms. The van der Waals surface area contributed by atoms with Crippen molar-refractivity contribution in [1.29, 1.82) is 0 Å². The summed E-state index contributed by atoms with van der Waals surface area (Å²) in [5.74, 6) is 0.0467. The highest BCUT2D eigenvalue weighted by Gasteiger charge is 2.15. The van der Waals surface area contributed by atoms with E-state index in [-0.39, 0.29) is 5.91 Å². The molecule has 110 valence electrons. The van der Waals surface area contributed by atoms with Crippen molar-refractivity contribution < 1.29 is 4.79 Å². The minimum Gasteiger partial charge on any atom is -0.399 e. The van der Waals surface area contributed by atoms with Crippen molar-refractivity contribution in [2.24, 2.45) is 0 Å². The first-order valence-electron chi connectivity index (χ1n) is 7.04. The molecule has 4 heteroatoms. The van der Waals surface area contributed by atoms with Gasteiger partial charge in [0, 0.05) is 30.7 Å². The van der Waals surface area contributed by atoms with Crippen LogP contribution in [0.15, 0.2) is 54.6 Å². The number of amides is 1. The quantitative estimate of drug-likeness (QED) is 0.858. The molecule has 0 saturated heterocycles. The minimum atomic E-state index is 0.0467. The zero-order valence-electron chi connectivity index (χ0n) is 12.5. The highest BCUT2D eigenvalue weighted by Crippen LogP contribution is 2.17. The lowest BCUT2D eigenvalue weighted by atomic mass is 10.2. The average Bonchev–Trinajstić information content (AvgIpc) is 2.53. The topological polar surface area (TPSA) is 49.6 Å². The summed E-state index contributed by atoms with van der Waals surface area (Å²) in [5.41, 5.74) is 8.26. The maximum absolute atomic E-state index is 12.4. The van der Waals surface area contributed by atoms with Crippen molar-refractivity contribution in [3.63, 3.8) is 0 Å². The highest BCUT2D eigenvalue weighted by molar-refractivity contribution is 5.96. The van der Waals surface area contributed by atoms with Crippen LogP contribution in [0.4, 0.5) is 17.1 Å². The normalized spacial score (nSPS) is 10.2. The van der Waals surface area contributed by atoms with Gasteiger partial charge in [-0.1, -0.05) is 18.2 Å². The van der Waals surface area contributed by atoms with E-state index in [4.69, 9.17) is 5.73 Å². The van der Waals surface area contributed by atoms with Gasteiger partial charge in [-0.3, -0.25) is 4.79 Å². The van der Waals surface area contributed by atoms with Gasteiger partial charge in [-0.2, -0.15) is 0 Å². The van der Waals surface area contributed by atoms with Gasteiger partial charge in [-0.15, -0.1) is 0 Å². The van der Waals surface area contributed by atoms with Crippen molar-refractivity contribution in [2.45, 2.75) is 6.92 Å². The van der Waals surface area contributed by atoms with E-state index >= 15 is 0 Å². The molecule has 1 amide bonds. The summed E-state index contributed by atoms with van der Waals surface area (Å²) in [6.07, 6.45) is 0. The number of carbonyl (C=O) groups is 1. The number of nitrogens with zero attached hydrogens (tertiary/aromatic N) is 2. The predicted molar refractivity (Wildman–Crippen MR) is 88.6 cm³/mol. The molecule has 0 unspecified atom stereocenters. The highest BCUT2D eigenvalue weighted by atomic mass is 16.2. The van der Waals surface area contributed by atoms with Gasteiger partial charge in [0.2, 0.25) is 5.91 Å². The number of hydrogen-bond donors (Lipinski definition) is 1. The molecule has 0 atom stereocenters. The van der Waals surface area contributed by atoms with E-state index in [1.165, 1.54) is 0 Å². The number of anilines is 3. The second kappa shape index (κ2) is 6.79. The van der Waals surface area contributed by atoms with Crippen LogP contribution in [0.1, 0.15) is 6.92 Å². The van der Waals surface area contributed by atoms with Crippen molar-refractivity contribution in [2.75, 3.05) is 35.7 Å². The molecule has 0 aromatic heterocycles. The summed E-state index contributed by atoms with van der Waals surface area (Å²) in [6.45, 7) is 3.18. The molecular weight excluding hydrogens is 262 g/mol. The summed E-state index contributed by atoms with van der Waals surface area (Å²) >= 11 is 0. The molecule has 4 nitrogen and oxygen atoms in total. The Balaban J connectivity index is 2.07. The molecule has 0 aliphatic heterocycles. The lowest BCUT2D eigenvalue weighted by Crippen LogP contribution is -2.38. The molecule has 2 aromatic rings. The van der Waals surface area contributed by atoms with Crippen LogP contribution >= 0.6 is 0 Å². The molecule has 0 aliphatic carbocycles. The maximum Gasteiger partial charge on any atom is 0.246 e. The molecule has 0 bridgehead atoms. The van der Waals surface area contributed by atoms with E-state index in [1.54, 1.807) is 24.1 Å². The fourth-order valence-electron chi connectivity index (χ4n) is 2.14. The Morgan fingerprint density at radius 3 is 2.19 bits per heavy atom. The Morgan fingerprint density at radius 1 is 1.00 bits per heavy atom. The molecule has 0 fully saturated rings. The SMILES string of the molecule is CCN(CC(=O)N(C)c1ccc(N)cc1)c1ccccc1. The average molecular weight is 283 g/mol. The first kappa shape index (κ1) is 14.9. The van der Waals surface area contributed by atoms with Crippen molar-refractivity contribution in [3.05, 3.63) is 54.6 Å². The number of nitrogen functional groups attached to an aromatic ring is 1. The number of benzene rings is 2. The van der Waals surface area contributed by atoms with Crippen molar-refractivity contribution >= 4 is 23.0 Å². The van der Waals surface area contributed by atoms with Gasteiger partial charge in [-0.05, 0) is 43.3 Å². The molecule has 0 saturated carbocycles. The van der Waals surface area contributed by atoms with Crippen LogP contribution in [0.25, 0.3) is 0 Å². The Labute approximate surface area is 125 Å². The van der Waals surface area contributed by atoms with E-state index < -0.39 is 0 Å². The van der Waals surface area contributed by atoms with E-state index in [1.807, 2.05) is 49.4 Å². The molecule has 2 N–H and O–H groups in total. The van der Waals surface area contributed by atoms with Gasteiger partial charge >= 0.3 is 0 Å². The van der Waals surface area contributed by atoms with Gasteiger partial charge in [-0.25, -0.2) is 0 Å². The molecule has 2 aromatic carbocycles. The van der Waals surface area contributed by atoms with Gasteiger partial charge < -0.3 is 15.5 Å². The van der Waals surface area contributed by atoms with Gasteiger partial charge in [0.05, 0.1) is 6.54 Å². The lowest BCUT2D eigenvalue weighted by molar-refractivity contribution is -0.117. The fourth-order valence-corrected chi connectivity index (χ4v) is 2.14. The number of rotatable bonds is 5.